The molecule has 1 amide bonds. The van der Waals surface area contributed by atoms with E-state index in [-0.39, 0.29) is 5.91 Å². The number of aryl methyl sites for hydroxylation is 2. The summed E-state index contributed by atoms with van der Waals surface area (Å²) in [7, 11) is 0. The summed E-state index contributed by atoms with van der Waals surface area (Å²) in [6.45, 7) is 3.89. The van der Waals surface area contributed by atoms with E-state index in [4.69, 9.17) is 4.74 Å². The van der Waals surface area contributed by atoms with Gasteiger partial charge in [-0.25, -0.2) is 0 Å². The summed E-state index contributed by atoms with van der Waals surface area (Å²) in [6, 6.07) is 21.2. The average Bonchev–Trinajstić information content (AvgIpc) is 3.59. The SMILES string of the molecule is O=C1c2ccccc2C2(c3cc4c(cc3Oc3cc5c(cc32)CCCN5)NCCC4)N1CCNCc1ccc[nH]1. The minimum atomic E-state index is -0.760. The van der Waals surface area contributed by atoms with Crippen LogP contribution in [-0.4, -0.2) is 42.0 Å². The van der Waals surface area contributed by atoms with Crippen LogP contribution in [0.3, 0.4) is 0 Å². The van der Waals surface area contributed by atoms with Crippen molar-refractivity contribution in [1.29, 1.82) is 0 Å². The number of rotatable bonds is 5. The number of hydrogen-bond donors (Lipinski definition) is 4. The van der Waals surface area contributed by atoms with Crippen molar-refractivity contribution < 1.29 is 9.53 Å². The van der Waals surface area contributed by atoms with Gasteiger partial charge in [-0.3, -0.25) is 4.79 Å². The summed E-state index contributed by atoms with van der Waals surface area (Å²) >= 11 is 0. The maximum absolute atomic E-state index is 14.3. The summed E-state index contributed by atoms with van der Waals surface area (Å²) < 4.78 is 6.73. The van der Waals surface area contributed by atoms with Crippen LogP contribution in [0, 0.1) is 0 Å². The molecule has 5 heterocycles. The van der Waals surface area contributed by atoms with E-state index < -0.39 is 5.54 Å². The first kappa shape index (κ1) is 23.6. The fourth-order valence-electron chi connectivity index (χ4n) is 7.16. The number of fused-ring (bicyclic) bond motifs is 8. The Morgan fingerprint density at radius 2 is 1.55 bits per heavy atom. The average molecular weight is 532 g/mol. The van der Waals surface area contributed by atoms with Crippen molar-refractivity contribution in [3.63, 3.8) is 0 Å². The van der Waals surface area contributed by atoms with Crippen molar-refractivity contribution in [2.45, 2.75) is 37.8 Å². The van der Waals surface area contributed by atoms with Gasteiger partial charge in [0.05, 0.1) is 0 Å². The van der Waals surface area contributed by atoms with E-state index in [0.29, 0.717) is 13.1 Å². The van der Waals surface area contributed by atoms with E-state index in [1.807, 2.05) is 24.4 Å². The van der Waals surface area contributed by atoms with Crippen molar-refractivity contribution in [3.8, 4) is 11.5 Å². The standard InChI is InChI=1S/C33H33N5O2/c39-32-24-9-1-2-10-25(24)33(38(32)15-14-34-20-23-8-5-11-35-23)26-16-21-6-3-12-36-28(21)18-30(26)40-31-19-29-22(17-27(31)33)7-4-13-37-29/h1-2,5,8-11,16-19,34-37H,3-4,6-7,12-15,20H2. The largest absolute Gasteiger partial charge is 0.456 e. The summed E-state index contributed by atoms with van der Waals surface area (Å²) in [4.78, 5) is 19.7. The van der Waals surface area contributed by atoms with Gasteiger partial charge in [0, 0.05) is 84.8 Å². The van der Waals surface area contributed by atoms with E-state index in [1.54, 1.807) is 0 Å². The van der Waals surface area contributed by atoms with Crippen molar-refractivity contribution in [3.05, 3.63) is 106 Å². The van der Waals surface area contributed by atoms with Gasteiger partial charge in [0.2, 0.25) is 0 Å². The number of nitrogens with one attached hydrogen (secondary N) is 4. The first-order valence-electron chi connectivity index (χ1n) is 14.5. The molecule has 4 aliphatic heterocycles. The highest BCUT2D eigenvalue weighted by Crippen LogP contribution is 2.59. The van der Waals surface area contributed by atoms with Gasteiger partial charge in [-0.1, -0.05) is 18.2 Å². The zero-order chi connectivity index (χ0) is 26.7. The predicted molar refractivity (Wildman–Crippen MR) is 156 cm³/mol. The van der Waals surface area contributed by atoms with Crippen molar-refractivity contribution in [2.75, 3.05) is 36.8 Å². The monoisotopic (exact) mass is 531 g/mol. The number of ether oxygens (including phenoxy) is 1. The molecule has 8 rings (SSSR count). The number of nitrogens with zero attached hydrogens (tertiary/aromatic N) is 1. The van der Waals surface area contributed by atoms with Crippen LogP contribution in [0.2, 0.25) is 0 Å². The molecule has 1 spiro atoms. The van der Waals surface area contributed by atoms with Crippen molar-refractivity contribution in [1.82, 2.24) is 15.2 Å². The maximum Gasteiger partial charge on any atom is 0.255 e. The van der Waals surface area contributed by atoms with Gasteiger partial charge in [0.1, 0.15) is 17.0 Å². The van der Waals surface area contributed by atoms with Crippen LogP contribution < -0.4 is 20.7 Å². The normalized spacial score (nSPS) is 17.6. The molecule has 4 aromatic rings. The summed E-state index contributed by atoms with van der Waals surface area (Å²) in [5.74, 6) is 1.72. The number of benzene rings is 3. The molecule has 0 aliphatic carbocycles. The van der Waals surface area contributed by atoms with Gasteiger partial charge in [-0.2, -0.15) is 0 Å². The topological polar surface area (TPSA) is 81.4 Å². The Labute approximate surface area is 233 Å². The fraction of sp³-hybridized carbons (Fsp3) is 0.303. The number of carbonyl (C=O) groups is 1. The highest BCUT2D eigenvalue weighted by Gasteiger charge is 2.56. The van der Waals surface area contributed by atoms with E-state index in [1.165, 1.54) is 11.1 Å². The first-order chi connectivity index (χ1) is 19.7. The second-order valence-electron chi connectivity index (χ2n) is 11.3. The molecule has 0 unspecified atom stereocenters. The Kier molecular flexibility index (Phi) is 5.42. The number of hydrogen-bond acceptors (Lipinski definition) is 5. The lowest BCUT2D eigenvalue weighted by molar-refractivity contribution is 0.0667. The zero-order valence-corrected chi connectivity index (χ0v) is 22.5. The maximum atomic E-state index is 14.3. The highest BCUT2D eigenvalue weighted by atomic mass is 16.5. The van der Waals surface area contributed by atoms with Crippen LogP contribution in [0.5, 0.6) is 11.5 Å². The molecule has 4 N–H and O–H groups in total. The second-order valence-corrected chi connectivity index (χ2v) is 11.3. The third kappa shape index (κ3) is 3.43. The van der Waals surface area contributed by atoms with Gasteiger partial charge >= 0.3 is 0 Å². The van der Waals surface area contributed by atoms with Crippen molar-refractivity contribution in [2.24, 2.45) is 0 Å². The molecule has 0 saturated heterocycles. The van der Waals surface area contributed by atoms with Gasteiger partial charge in [-0.05, 0) is 72.7 Å². The van der Waals surface area contributed by atoms with Crippen LogP contribution in [0.15, 0.2) is 66.9 Å². The van der Waals surface area contributed by atoms with Gasteiger partial charge < -0.3 is 30.6 Å². The van der Waals surface area contributed by atoms with E-state index >= 15 is 0 Å². The Bertz CT molecular complexity index is 1560. The number of aromatic nitrogens is 1. The van der Waals surface area contributed by atoms with Gasteiger partial charge in [0.25, 0.3) is 5.91 Å². The summed E-state index contributed by atoms with van der Waals surface area (Å²) in [6.07, 6.45) is 6.15. The molecule has 202 valence electrons. The lowest BCUT2D eigenvalue weighted by Gasteiger charge is -2.45. The molecule has 0 fully saturated rings. The van der Waals surface area contributed by atoms with E-state index in [0.717, 1.165) is 96.1 Å². The predicted octanol–water partition coefficient (Wildman–Crippen LogP) is 5.37. The highest BCUT2D eigenvalue weighted by molar-refractivity contribution is 6.02. The molecule has 7 heteroatoms. The van der Waals surface area contributed by atoms with Crippen molar-refractivity contribution >= 4 is 17.3 Å². The van der Waals surface area contributed by atoms with Crippen LogP contribution in [0.25, 0.3) is 0 Å². The Morgan fingerprint density at radius 1 is 0.850 bits per heavy atom. The van der Waals surface area contributed by atoms with Gasteiger partial charge in [0.15, 0.2) is 0 Å². The molecule has 0 bridgehead atoms. The van der Waals surface area contributed by atoms with Crippen LogP contribution in [0.4, 0.5) is 11.4 Å². The molecule has 0 atom stereocenters. The molecule has 40 heavy (non-hydrogen) atoms. The fourth-order valence-corrected chi connectivity index (χ4v) is 7.16. The lowest BCUT2D eigenvalue weighted by atomic mass is 9.73. The van der Waals surface area contributed by atoms with E-state index in [9.17, 15) is 4.79 Å². The summed E-state index contributed by atoms with van der Waals surface area (Å²) in [5, 5.41) is 10.7. The number of amides is 1. The first-order valence-corrected chi connectivity index (χ1v) is 14.5. The molecule has 0 radical (unpaired) electrons. The quantitative estimate of drug-likeness (QED) is 0.260. The summed E-state index contributed by atoms with van der Waals surface area (Å²) in [5.41, 5.74) is 9.17. The zero-order valence-electron chi connectivity index (χ0n) is 22.5. The molecule has 7 nitrogen and oxygen atoms in total. The molecule has 0 saturated carbocycles. The third-order valence-electron chi connectivity index (χ3n) is 8.97. The molecular weight excluding hydrogens is 498 g/mol. The van der Waals surface area contributed by atoms with Crippen LogP contribution in [-0.2, 0) is 24.9 Å². The van der Waals surface area contributed by atoms with Crippen LogP contribution >= 0.6 is 0 Å². The number of carbonyl (C=O) groups excluding carboxylic acids is 1. The molecular formula is C33H33N5O2. The second kappa shape index (κ2) is 9.17. The Hall–Kier alpha value is -4.23. The molecule has 3 aromatic carbocycles. The Morgan fingerprint density at radius 3 is 2.23 bits per heavy atom. The number of anilines is 2. The minimum Gasteiger partial charge on any atom is -0.456 e. The number of H-pyrrole nitrogens is 1. The minimum absolute atomic E-state index is 0.0720. The molecule has 4 aliphatic rings. The van der Waals surface area contributed by atoms with Crippen LogP contribution in [0.1, 0.15) is 56.7 Å². The Balaban J connectivity index is 1.33. The molecule has 1 aromatic heterocycles. The smallest absolute Gasteiger partial charge is 0.255 e. The lowest BCUT2D eigenvalue weighted by Crippen LogP contribution is -2.49. The van der Waals surface area contributed by atoms with Gasteiger partial charge in [-0.15, -0.1) is 0 Å². The third-order valence-corrected chi connectivity index (χ3v) is 8.97. The van der Waals surface area contributed by atoms with E-state index in [2.05, 4.69) is 68.3 Å². The number of aromatic amines is 1.